The molecule has 1 atom stereocenters. The number of aliphatic hydroxyl groups is 1. The fourth-order valence-corrected chi connectivity index (χ4v) is 2.66. The first-order valence-corrected chi connectivity index (χ1v) is 7.43. The lowest BCUT2D eigenvalue weighted by molar-refractivity contribution is -0.257. The van der Waals surface area contributed by atoms with Crippen LogP contribution < -0.4 is 5.32 Å². The maximum absolute atomic E-state index is 12.7. The van der Waals surface area contributed by atoms with Crippen LogP contribution in [-0.4, -0.2) is 35.9 Å². The summed E-state index contributed by atoms with van der Waals surface area (Å²) in [4.78, 5) is 12.0. The van der Waals surface area contributed by atoms with E-state index in [1.165, 1.54) is 0 Å². The third-order valence-electron chi connectivity index (χ3n) is 4.12. The molecule has 4 nitrogen and oxygen atoms in total. The van der Waals surface area contributed by atoms with Crippen LogP contribution in [0, 0.1) is 0 Å². The molecule has 1 heterocycles. The van der Waals surface area contributed by atoms with Gasteiger partial charge in [-0.25, -0.2) is 0 Å². The standard InChI is InChI=1S/C16H20F3NO3/c1-14(22,16(17,18)19)11-13(21)23-15(7-9-20-10-8-15)12-5-3-2-4-6-12/h2-6,20,22H,7-11H2,1H3. The Morgan fingerprint density at radius 2 is 1.83 bits per heavy atom. The molecular formula is C16H20F3NO3. The Bertz CT molecular complexity index is 537. The number of hydrogen-bond donors (Lipinski definition) is 2. The van der Waals surface area contributed by atoms with Gasteiger partial charge in [-0.15, -0.1) is 0 Å². The molecule has 128 valence electrons. The average Bonchev–Trinajstić information content (AvgIpc) is 2.47. The van der Waals surface area contributed by atoms with Gasteiger partial charge in [0.1, 0.15) is 5.60 Å². The topological polar surface area (TPSA) is 58.6 Å². The Morgan fingerprint density at radius 1 is 1.26 bits per heavy atom. The summed E-state index contributed by atoms with van der Waals surface area (Å²) in [5.74, 6) is -1.06. The molecule has 0 bridgehead atoms. The molecule has 1 aliphatic heterocycles. The van der Waals surface area contributed by atoms with Gasteiger partial charge < -0.3 is 15.2 Å². The fraction of sp³-hybridized carbons (Fsp3) is 0.562. The number of carbonyl (C=O) groups excluding carboxylic acids is 1. The Hall–Kier alpha value is -1.60. The smallest absolute Gasteiger partial charge is 0.417 e. The molecule has 1 aliphatic rings. The van der Waals surface area contributed by atoms with Crippen molar-refractivity contribution in [1.82, 2.24) is 5.32 Å². The van der Waals surface area contributed by atoms with Crippen LogP contribution in [0.2, 0.25) is 0 Å². The number of piperidine rings is 1. The van der Waals surface area contributed by atoms with Crippen molar-refractivity contribution >= 4 is 5.97 Å². The number of hydrogen-bond acceptors (Lipinski definition) is 4. The molecule has 1 aromatic carbocycles. The van der Waals surface area contributed by atoms with Crippen LogP contribution in [-0.2, 0) is 15.1 Å². The number of halogens is 3. The quantitative estimate of drug-likeness (QED) is 0.833. The highest BCUT2D eigenvalue weighted by Gasteiger charge is 2.52. The maximum atomic E-state index is 12.7. The van der Waals surface area contributed by atoms with E-state index in [1.54, 1.807) is 24.3 Å². The minimum absolute atomic E-state index is 0.469. The molecule has 1 fully saturated rings. The van der Waals surface area contributed by atoms with Crippen LogP contribution in [0.25, 0.3) is 0 Å². The van der Waals surface area contributed by atoms with E-state index in [9.17, 15) is 23.1 Å². The summed E-state index contributed by atoms with van der Waals surface area (Å²) in [5, 5.41) is 12.6. The van der Waals surface area contributed by atoms with Crippen LogP contribution >= 0.6 is 0 Å². The van der Waals surface area contributed by atoms with Gasteiger partial charge >= 0.3 is 12.1 Å². The van der Waals surface area contributed by atoms with Gasteiger partial charge in [0.15, 0.2) is 5.60 Å². The van der Waals surface area contributed by atoms with Gasteiger partial charge in [-0.05, 0) is 25.6 Å². The van der Waals surface area contributed by atoms with Crippen molar-refractivity contribution in [2.45, 2.75) is 43.6 Å². The van der Waals surface area contributed by atoms with Gasteiger partial charge in [0, 0.05) is 12.8 Å². The zero-order valence-corrected chi connectivity index (χ0v) is 12.8. The van der Waals surface area contributed by atoms with Gasteiger partial charge in [-0.3, -0.25) is 4.79 Å². The molecular weight excluding hydrogens is 311 g/mol. The predicted octanol–water partition coefficient (Wildman–Crippen LogP) is 2.51. The van der Waals surface area contributed by atoms with E-state index in [0.29, 0.717) is 32.9 Å². The molecule has 2 rings (SSSR count). The second kappa shape index (κ2) is 6.49. The van der Waals surface area contributed by atoms with Crippen molar-refractivity contribution in [1.29, 1.82) is 0 Å². The summed E-state index contributed by atoms with van der Waals surface area (Å²) >= 11 is 0. The summed E-state index contributed by atoms with van der Waals surface area (Å²) in [7, 11) is 0. The molecule has 0 amide bonds. The van der Waals surface area contributed by atoms with Gasteiger partial charge in [0.2, 0.25) is 0 Å². The first kappa shape index (κ1) is 17.7. The van der Waals surface area contributed by atoms with E-state index in [2.05, 4.69) is 5.32 Å². The Balaban J connectivity index is 2.18. The molecule has 0 spiro atoms. The van der Waals surface area contributed by atoms with Crippen LogP contribution in [0.1, 0.15) is 31.7 Å². The lowest BCUT2D eigenvalue weighted by atomic mass is 9.84. The predicted molar refractivity (Wildman–Crippen MR) is 77.6 cm³/mol. The number of alkyl halides is 3. The Labute approximate surface area is 132 Å². The Morgan fingerprint density at radius 3 is 2.35 bits per heavy atom. The molecule has 0 aromatic heterocycles. The van der Waals surface area contributed by atoms with E-state index < -0.39 is 29.8 Å². The zero-order chi connectivity index (χ0) is 17.1. The zero-order valence-electron chi connectivity index (χ0n) is 12.8. The van der Waals surface area contributed by atoms with Crippen molar-refractivity contribution < 1.29 is 27.8 Å². The number of nitrogens with one attached hydrogen (secondary N) is 1. The molecule has 1 aromatic rings. The first-order valence-electron chi connectivity index (χ1n) is 7.43. The third kappa shape index (κ3) is 4.03. The van der Waals surface area contributed by atoms with Gasteiger partial charge in [0.25, 0.3) is 0 Å². The lowest BCUT2D eigenvalue weighted by Gasteiger charge is -2.38. The summed E-state index contributed by atoms with van der Waals surface area (Å²) < 4.78 is 43.6. The van der Waals surface area contributed by atoms with Crippen molar-refractivity contribution in [3.05, 3.63) is 35.9 Å². The van der Waals surface area contributed by atoms with Gasteiger partial charge in [-0.1, -0.05) is 30.3 Å². The van der Waals surface area contributed by atoms with Crippen molar-refractivity contribution in [2.75, 3.05) is 13.1 Å². The van der Waals surface area contributed by atoms with E-state index in [-0.39, 0.29) is 0 Å². The van der Waals surface area contributed by atoms with Crippen molar-refractivity contribution in [3.63, 3.8) is 0 Å². The van der Waals surface area contributed by atoms with E-state index in [1.807, 2.05) is 6.07 Å². The summed E-state index contributed by atoms with van der Waals surface area (Å²) in [6.07, 6.45) is -5.08. The number of benzene rings is 1. The number of carbonyl (C=O) groups is 1. The summed E-state index contributed by atoms with van der Waals surface area (Å²) in [5.41, 5.74) is -3.30. The monoisotopic (exact) mass is 331 g/mol. The number of rotatable bonds is 4. The Kier molecular flexibility index (Phi) is 5.01. The third-order valence-corrected chi connectivity index (χ3v) is 4.12. The first-order chi connectivity index (χ1) is 10.7. The molecule has 7 heteroatoms. The second-order valence-electron chi connectivity index (χ2n) is 6.03. The van der Waals surface area contributed by atoms with E-state index in [4.69, 9.17) is 4.74 Å². The van der Waals surface area contributed by atoms with Crippen LogP contribution in [0.5, 0.6) is 0 Å². The van der Waals surface area contributed by atoms with E-state index >= 15 is 0 Å². The molecule has 23 heavy (non-hydrogen) atoms. The summed E-state index contributed by atoms with van der Waals surface area (Å²) in [6.45, 7) is 1.77. The highest BCUT2D eigenvalue weighted by Crippen LogP contribution is 2.37. The van der Waals surface area contributed by atoms with Crippen LogP contribution in [0.3, 0.4) is 0 Å². The van der Waals surface area contributed by atoms with Crippen LogP contribution in [0.15, 0.2) is 30.3 Å². The van der Waals surface area contributed by atoms with Crippen molar-refractivity contribution in [2.24, 2.45) is 0 Å². The molecule has 2 N–H and O–H groups in total. The average molecular weight is 331 g/mol. The minimum Gasteiger partial charge on any atom is -0.454 e. The SMILES string of the molecule is CC(O)(CC(=O)OC1(c2ccccc2)CCNCC1)C(F)(F)F. The highest BCUT2D eigenvalue weighted by atomic mass is 19.4. The van der Waals surface area contributed by atoms with Gasteiger partial charge in [0.05, 0.1) is 6.42 Å². The maximum Gasteiger partial charge on any atom is 0.417 e. The summed E-state index contributed by atoms with van der Waals surface area (Å²) in [6, 6.07) is 8.98. The molecule has 0 aliphatic carbocycles. The molecule has 1 saturated heterocycles. The van der Waals surface area contributed by atoms with Crippen molar-refractivity contribution in [3.8, 4) is 0 Å². The lowest BCUT2D eigenvalue weighted by Crippen LogP contribution is -2.47. The van der Waals surface area contributed by atoms with E-state index in [0.717, 1.165) is 5.56 Å². The molecule has 0 saturated carbocycles. The minimum atomic E-state index is -4.89. The number of esters is 1. The second-order valence-corrected chi connectivity index (χ2v) is 6.03. The fourth-order valence-electron chi connectivity index (χ4n) is 2.66. The normalized spacial score (nSPS) is 20.6. The largest absolute Gasteiger partial charge is 0.454 e. The van der Waals surface area contributed by atoms with Gasteiger partial charge in [-0.2, -0.15) is 13.2 Å². The molecule has 0 radical (unpaired) electrons. The molecule has 1 unspecified atom stereocenters. The highest BCUT2D eigenvalue weighted by molar-refractivity contribution is 5.71. The number of ether oxygens (including phenoxy) is 1. The van der Waals surface area contributed by atoms with Crippen LogP contribution in [0.4, 0.5) is 13.2 Å².